The van der Waals surface area contributed by atoms with Crippen molar-refractivity contribution in [2.75, 3.05) is 26.4 Å². The summed E-state index contributed by atoms with van der Waals surface area (Å²) < 4.78 is 19.1. The number of rotatable bonds is 13. The normalized spacial score (nSPS) is 11.5. The van der Waals surface area contributed by atoms with E-state index in [0.29, 0.717) is 32.4 Å². The lowest BCUT2D eigenvalue weighted by Gasteiger charge is -2.28. The van der Waals surface area contributed by atoms with E-state index in [2.05, 4.69) is 15.4 Å². The van der Waals surface area contributed by atoms with Gasteiger partial charge in [0.05, 0.1) is 5.69 Å². The van der Waals surface area contributed by atoms with Crippen LogP contribution >= 0.6 is 0 Å². The van der Waals surface area contributed by atoms with Crippen molar-refractivity contribution in [3.8, 4) is 11.4 Å². The molecule has 0 aliphatic carbocycles. The highest BCUT2D eigenvalue weighted by atomic mass is 28.4. The largest absolute Gasteiger partial charge is 0.500 e. The molecule has 2 aromatic heterocycles. The van der Waals surface area contributed by atoms with Crippen LogP contribution in [0.2, 0.25) is 6.04 Å². The molecule has 0 saturated heterocycles. The molecule has 2 heterocycles. The zero-order valence-corrected chi connectivity index (χ0v) is 17.9. The topological polar surface area (TPSA) is 87.5 Å². The number of carbonyl (C=O) groups is 1. The van der Waals surface area contributed by atoms with Crippen molar-refractivity contribution in [1.82, 2.24) is 20.1 Å². The molecule has 8 nitrogen and oxygen atoms in total. The van der Waals surface area contributed by atoms with E-state index in [4.69, 9.17) is 13.3 Å². The van der Waals surface area contributed by atoms with E-state index >= 15 is 0 Å². The Bertz CT molecular complexity index is 694. The summed E-state index contributed by atoms with van der Waals surface area (Å²) in [6.45, 7) is 8.16. The third-order valence-electron chi connectivity index (χ3n) is 3.95. The smallest absolute Gasteiger partial charge is 0.374 e. The van der Waals surface area contributed by atoms with Gasteiger partial charge in [-0.3, -0.25) is 14.5 Å². The van der Waals surface area contributed by atoms with Gasteiger partial charge in [0.2, 0.25) is 5.91 Å². The van der Waals surface area contributed by atoms with Gasteiger partial charge in [0.25, 0.3) is 0 Å². The molecule has 9 heteroatoms. The van der Waals surface area contributed by atoms with Gasteiger partial charge in [0, 0.05) is 44.8 Å². The molecule has 0 atom stereocenters. The predicted molar refractivity (Wildman–Crippen MR) is 109 cm³/mol. The number of hydrogen-bond donors (Lipinski definition) is 1. The van der Waals surface area contributed by atoms with E-state index < -0.39 is 8.80 Å². The van der Waals surface area contributed by atoms with Crippen LogP contribution in [0, 0.1) is 0 Å². The standard InChI is InChI=1S/C19H30N4O4Si/c1-4-25-28(26-5-2,27-6-3)15-9-13-21-19(24)16-23-14-11-18(22-23)17-10-7-8-12-20-17/h7-8,10-12,14H,4-6,9,13,15-16H2,1-3H3,(H,21,24). The Morgan fingerprint density at radius 3 is 2.39 bits per heavy atom. The molecule has 0 fully saturated rings. The lowest BCUT2D eigenvalue weighted by molar-refractivity contribution is -0.121. The van der Waals surface area contributed by atoms with Gasteiger partial charge in [0.1, 0.15) is 12.2 Å². The third-order valence-corrected chi connectivity index (χ3v) is 7.10. The number of amides is 1. The summed E-state index contributed by atoms with van der Waals surface area (Å²) in [6.07, 6.45) is 4.23. The highest BCUT2D eigenvalue weighted by Gasteiger charge is 2.39. The van der Waals surface area contributed by atoms with Gasteiger partial charge in [-0.15, -0.1) is 0 Å². The summed E-state index contributed by atoms with van der Waals surface area (Å²) >= 11 is 0. The first kappa shape index (κ1) is 22.2. The molecule has 2 aromatic rings. The molecule has 1 N–H and O–H groups in total. The van der Waals surface area contributed by atoms with Gasteiger partial charge in [-0.25, -0.2) is 0 Å². The molecule has 0 aliphatic rings. The van der Waals surface area contributed by atoms with Crippen LogP contribution in [-0.4, -0.2) is 55.8 Å². The maximum absolute atomic E-state index is 12.2. The van der Waals surface area contributed by atoms with Crippen molar-refractivity contribution in [1.29, 1.82) is 0 Å². The van der Waals surface area contributed by atoms with E-state index in [0.717, 1.165) is 17.8 Å². The van der Waals surface area contributed by atoms with Gasteiger partial charge in [-0.1, -0.05) is 6.07 Å². The maximum Gasteiger partial charge on any atom is 0.500 e. The average molecular weight is 407 g/mol. The minimum absolute atomic E-state index is 0.0906. The second-order valence-electron chi connectivity index (χ2n) is 6.05. The highest BCUT2D eigenvalue weighted by Crippen LogP contribution is 2.18. The van der Waals surface area contributed by atoms with Crippen LogP contribution in [0.3, 0.4) is 0 Å². The highest BCUT2D eigenvalue weighted by molar-refractivity contribution is 6.60. The van der Waals surface area contributed by atoms with Gasteiger partial charge in [-0.05, 0) is 45.4 Å². The molecule has 0 aromatic carbocycles. The Labute approximate surface area is 167 Å². The fourth-order valence-corrected chi connectivity index (χ4v) is 5.45. The number of nitrogens with zero attached hydrogens (tertiary/aromatic N) is 3. The number of aromatic nitrogens is 3. The van der Waals surface area contributed by atoms with E-state index in [9.17, 15) is 4.79 Å². The van der Waals surface area contributed by atoms with Crippen LogP contribution < -0.4 is 5.32 Å². The lowest BCUT2D eigenvalue weighted by Crippen LogP contribution is -2.46. The second-order valence-corrected chi connectivity index (χ2v) is 8.78. The van der Waals surface area contributed by atoms with Crippen molar-refractivity contribution in [2.45, 2.75) is 39.8 Å². The van der Waals surface area contributed by atoms with Gasteiger partial charge >= 0.3 is 8.80 Å². The van der Waals surface area contributed by atoms with Crippen LogP contribution in [-0.2, 0) is 24.6 Å². The quantitative estimate of drug-likeness (QED) is 0.406. The molecular weight excluding hydrogens is 376 g/mol. The minimum atomic E-state index is -2.65. The first-order valence-electron chi connectivity index (χ1n) is 9.76. The molecule has 0 saturated carbocycles. The Morgan fingerprint density at radius 1 is 1.07 bits per heavy atom. The summed E-state index contributed by atoms with van der Waals surface area (Å²) in [4.78, 5) is 16.5. The van der Waals surface area contributed by atoms with Gasteiger partial charge in [0.15, 0.2) is 0 Å². The Hall–Kier alpha value is -2.07. The summed E-state index contributed by atoms with van der Waals surface area (Å²) in [5.41, 5.74) is 1.53. The Morgan fingerprint density at radius 2 is 1.79 bits per heavy atom. The van der Waals surface area contributed by atoms with E-state index in [1.165, 1.54) is 0 Å². The molecule has 1 amide bonds. The van der Waals surface area contributed by atoms with Crippen molar-refractivity contribution < 1.29 is 18.1 Å². The second kappa shape index (κ2) is 11.7. The Balaban J connectivity index is 1.78. The summed E-state index contributed by atoms with van der Waals surface area (Å²) in [7, 11) is -2.65. The van der Waals surface area contributed by atoms with E-state index in [-0.39, 0.29) is 12.5 Å². The first-order chi connectivity index (χ1) is 13.6. The van der Waals surface area contributed by atoms with Crippen molar-refractivity contribution >= 4 is 14.7 Å². The minimum Gasteiger partial charge on any atom is -0.374 e. The van der Waals surface area contributed by atoms with E-state index in [1.54, 1.807) is 17.1 Å². The number of pyridine rings is 1. The molecule has 0 bridgehead atoms. The van der Waals surface area contributed by atoms with Gasteiger partial charge in [-0.2, -0.15) is 5.10 Å². The molecule has 154 valence electrons. The zero-order valence-electron chi connectivity index (χ0n) is 16.9. The van der Waals surface area contributed by atoms with E-state index in [1.807, 2.05) is 45.0 Å². The number of nitrogens with one attached hydrogen (secondary N) is 1. The molecular formula is C19H30N4O4Si. The average Bonchev–Trinajstić information content (AvgIpc) is 3.15. The SMILES string of the molecule is CCO[Si](CCCNC(=O)Cn1ccc(-c2ccccn2)n1)(OCC)OCC. The zero-order chi connectivity index (χ0) is 20.2. The van der Waals surface area contributed by atoms with Gasteiger partial charge < -0.3 is 18.6 Å². The number of hydrogen-bond acceptors (Lipinski definition) is 6. The Kier molecular flexibility index (Phi) is 9.28. The summed E-state index contributed by atoms with van der Waals surface area (Å²) in [5, 5.41) is 7.32. The molecule has 0 radical (unpaired) electrons. The van der Waals surface area contributed by atoms with Crippen LogP contribution in [0.1, 0.15) is 27.2 Å². The molecule has 0 aliphatic heterocycles. The summed E-state index contributed by atoms with van der Waals surface area (Å²) in [5.74, 6) is -0.0906. The van der Waals surface area contributed by atoms with Crippen molar-refractivity contribution in [2.24, 2.45) is 0 Å². The lowest BCUT2D eigenvalue weighted by atomic mass is 10.3. The molecule has 0 spiro atoms. The maximum atomic E-state index is 12.2. The van der Waals surface area contributed by atoms with Crippen LogP contribution in [0.15, 0.2) is 36.7 Å². The molecule has 28 heavy (non-hydrogen) atoms. The monoisotopic (exact) mass is 406 g/mol. The third kappa shape index (κ3) is 6.83. The molecule has 0 unspecified atom stereocenters. The summed E-state index contributed by atoms with van der Waals surface area (Å²) in [6, 6.07) is 8.17. The fourth-order valence-electron chi connectivity index (χ4n) is 2.84. The van der Waals surface area contributed by atoms with Crippen LogP contribution in [0.5, 0.6) is 0 Å². The van der Waals surface area contributed by atoms with Crippen molar-refractivity contribution in [3.05, 3.63) is 36.7 Å². The predicted octanol–water partition coefficient (Wildman–Crippen LogP) is 2.50. The first-order valence-corrected chi connectivity index (χ1v) is 11.7. The molecule has 2 rings (SSSR count). The van der Waals surface area contributed by atoms with Crippen LogP contribution in [0.4, 0.5) is 0 Å². The van der Waals surface area contributed by atoms with Crippen LogP contribution in [0.25, 0.3) is 11.4 Å². The fraction of sp³-hybridized carbons (Fsp3) is 0.526. The number of carbonyl (C=O) groups excluding carboxylic acids is 1. The van der Waals surface area contributed by atoms with Crippen molar-refractivity contribution in [3.63, 3.8) is 0 Å².